The van der Waals surface area contributed by atoms with Gasteiger partial charge in [0.25, 0.3) is 5.91 Å². The number of nitrogens with zero attached hydrogens (tertiary/aromatic N) is 2. The van der Waals surface area contributed by atoms with E-state index in [1.54, 1.807) is 4.90 Å². The molecule has 2 amide bonds. The van der Waals surface area contributed by atoms with Crippen molar-refractivity contribution in [2.75, 3.05) is 11.9 Å². The maximum absolute atomic E-state index is 12.8. The first-order valence-electron chi connectivity index (χ1n) is 7.65. The normalized spacial score (nSPS) is 20.8. The van der Waals surface area contributed by atoms with Gasteiger partial charge in [0.1, 0.15) is 15.7 Å². The number of aromatic nitrogens is 1. The number of nitrogens with one attached hydrogen (secondary N) is 1. The van der Waals surface area contributed by atoms with Gasteiger partial charge in [0.05, 0.1) is 5.69 Å². The Balaban J connectivity index is 1.94. The molecule has 2 aromatic heterocycles. The summed E-state index contributed by atoms with van der Waals surface area (Å²) in [4.78, 5) is 33.1. The Hall–Kier alpha value is -1.95. The van der Waals surface area contributed by atoms with Crippen LogP contribution in [-0.2, 0) is 11.2 Å². The molecule has 4 rings (SSSR count). The second-order valence-corrected chi connectivity index (χ2v) is 6.91. The van der Waals surface area contributed by atoms with Crippen molar-refractivity contribution < 1.29 is 9.59 Å². The van der Waals surface area contributed by atoms with Gasteiger partial charge in [-0.25, -0.2) is 4.98 Å². The van der Waals surface area contributed by atoms with Crippen molar-refractivity contribution in [3.05, 3.63) is 22.2 Å². The van der Waals surface area contributed by atoms with E-state index in [0.717, 1.165) is 40.7 Å². The number of fused-ring (bicyclic) bond motifs is 4. The molecule has 1 atom stereocenters. The van der Waals surface area contributed by atoms with Gasteiger partial charge >= 0.3 is 0 Å². The van der Waals surface area contributed by atoms with Crippen LogP contribution in [0.1, 0.15) is 40.7 Å². The fourth-order valence-corrected chi connectivity index (χ4v) is 4.50. The average molecular weight is 315 g/mol. The Morgan fingerprint density at radius 3 is 3.05 bits per heavy atom. The van der Waals surface area contributed by atoms with Gasteiger partial charge in [-0.2, -0.15) is 0 Å². The van der Waals surface area contributed by atoms with Crippen molar-refractivity contribution in [2.24, 2.45) is 0 Å². The van der Waals surface area contributed by atoms with Crippen molar-refractivity contribution in [1.29, 1.82) is 0 Å². The lowest BCUT2D eigenvalue weighted by Gasteiger charge is -2.19. The van der Waals surface area contributed by atoms with Crippen LogP contribution in [0.5, 0.6) is 0 Å². The van der Waals surface area contributed by atoms with E-state index in [0.29, 0.717) is 17.1 Å². The molecule has 1 fully saturated rings. The number of anilines is 1. The summed E-state index contributed by atoms with van der Waals surface area (Å²) in [5, 5.41) is 3.87. The minimum absolute atomic E-state index is 0.0328. The molecule has 1 N–H and O–H groups in total. The molecule has 2 aliphatic heterocycles. The van der Waals surface area contributed by atoms with Crippen LogP contribution in [0.15, 0.2) is 6.07 Å². The quantitative estimate of drug-likeness (QED) is 0.880. The Morgan fingerprint density at radius 1 is 1.45 bits per heavy atom. The van der Waals surface area contributed by atoms with Gasteiger partial charge in [-0.15, -0.1) is 11.3 Å². The number of hydrogen-bond acceptors (Lipinski definition) is 4. The third-order valence-electron chi connectivity index (χ3n) is 4.57. The molecule has 0 bridgehead atoms. The van der Waals surface area contributed by atoms with E-state index in [9.17, 15) is 9.59 Å². The predicted molar refractivity (Wildman–Crippen MR) is 86.4 cm³/mol. The standard InChI is InChI=1S/C16H17N3O2S/c1-3-10-8(2)7-9-12-13(22-15(9)17-10)16(21)19-6-4-5-11(19)14(20)18-12/h7,11H,3-6H2,1-2H3,(H,18,20). The molecular weight excluding hydrogens is 298 g/mol. The largest absolute Gasteiger partial charge is 0.326 e. The molecule has 0 saturated carbocycles. The summed E-state index contributed by atoms with van der Waals surface area (Å²) in [7, 11) is 0. The van der Waals surface area contributed by atoms with E-state index in [4.69, 9.17) is 0 Å². The third-order valence-corrected chi connectivity index (χ3v) is 5.66. The SMILES string of the molecule is CCc1nc2sc3c(c2cc1C)NC(=O)C1CCCN1C3=O. The van der Waals surface area contributed by atoms with Crippen LogP contribution in [0.3, 0.4) is 0 Å². The first-order valence-corrected chi connectivity index (χ1v) is 8.46. The topological polar surface area (TPSA) is 62.3 Å². The first kappa shape index (κ1) is 13.7. The Labute approximate surface area is 132 Å². The molecule has 2 aliphatic rings. The van der Waals surface area contributed by atoms with Gasteiger partial charge < -0.3 is 10.2 Å². The number of thiophene rings is 1. The third kappa shape index (κ3) is 1.80. The highest BCUT2D eigenvalue weighted by atomic mass is 32.1. The highest BCUT2D eigenvalue weighted by Gasteiger charge is 2.40. The van der Waals surface area contributed by atoms with Gasteiger partial charge in [0.2, 0.25) is 5.91 Å². The summed E-state index contributed by atoms with van der Waals surface area (Å²) in [6.45, 7) is 4.76. The highest BCUT2D eigenvalue weighted by molar-refractivity contribution is 7.21. The molecule has 0 spiro atoms. The molecule has 0 radical (unpaired) electrons. The lowest BCUT2D eigenvalue weighted by atomic mass is 10.1. The molecule has 1 unspecified atom stereocenters. The van der Waals surface area contributed by atoms with Gasteiger partial charge in [0.15, 0.2) is 0 Å². The monoisotopic (exact) mass is 315 g/mol. The summed E-state index contributed by atoms with van der Waals surface area (Å²) in [5.74, 6) is -0.101. The Kier molecular flexibility index (Phi) is 2.97. The van der Waals surface area contributed by atoms with Gasteiger partial charge in [-0.1, -0.05) is 6.92 Å². The molecule has 4 heterocycles. The van der Waals surface area contributed by atoms with Gasteiger partial charge in [0, 0.05) is 17.6 Å². The first-order chi connectivity index (χ1) is 10.6. The molecule has 2 aromatic rings. The zero-order valence-corrected chi connectivity index (χ0v) is 13.4. The van der Waals surface area contributed by atoms with Crippen LogP contribution in [0.25, 0.3) is 10.2 Å². The lowest BCUT2D eigenvalue weighted by molar-refractivity contribution is -0.119. The smallest absolute Gasteiger partial charge is 0.266 e. The van der Waals surface area contributed by atoms with Crippen LogP contribution < -0.4 is 5.32 Å². The van der Waals surface area contributed by atoms with Gasteiger partial charge in [-0.05, 0) is 37.8 Å². The molecule has 0 aromatic carbocycles. The second kappa shape index (κ2) is 4.78. The van der Waals surface area contributed by atoms with Gasteiger partial charge in [-0.3, -0.25) is 9.59 Å². The van der Waals surface area contributed by atoms with Crippen molar-refractivity contribution in [1.82, 2.24) is 9.88 Å². The van der Waals surface area contributed by atoms with E-state index in [2.05, 4.69) is 17.2 Å². The summed E-state index contributed by atoms with van der Waals surface area (Å²) in [5.41, 5.74) is 2.80. The zero-order chi connectivity index (χ0) is 15.4. The average Bonchev–Trinajstić information content (AvgIpc) is 3.09. The minimum atomic E-state index is -0.314. The van der Waals surface area contributed by atoms with E-state index < -0.39 is 0 Å². The molecule has 22 heavy (non-hydrogen) atoms. The maximum atomic E-state index is 12.8. The number of amides is 2. The predicted octanol–water partition coefficient (Wildman–Crippen LogP) is 2.72. The van der Waals surface area contributed by atoms with E-state index in [-0.39, 0.29) is 17.9 Å². The van der Waals surface area contributed by atoms with Crippen LogP contribution in [-0.4, -0.2) is 34.3 Å². The van der Waals surface area contributed by atoms with Crippen LogP contribution in [0.4, 0.5) is 5.69 Å². The number of carbonyl (C=O) groups excluding carboxylic acids is 2. The lowest BCUT2D eigenvalue weighted by Crippen LogP contribution is -2.40. The number of pyridine rings is 1. The summed E-state index contributed by atoms with van der Waals surface area (Å²) >= 11 is 1.39. The number of aryl methyl sites for hydroxylation is 2. The van der Waals surface area contributed by atoms with E-state index >= 15 is 0 Å². The van der Waals surface area contributed by atoms with E-state index in [1.165, 1.54) is 11.3 Å². The van der Waals surface area contributed by atoms with Crippen LogP contribution in [0, 0.1) is 6.92 Å². The molecule has 0 aliphatic carbocycles. The number of hydrogen-bond donors (Lipinski definition) is 1. The second-order valence-electron chi connectivity index (χ2n) is 5.91. The summed E-state index contributed by atoms with van der Waals surface area (Å²) < 4.78 is 0. The molecule has 6 heteroatoms. The minimum Gasteiger partial charge on any atom is -0.326 e. The van der Waals surface area contributed by atoms with Crippen LogP contribution >= 0.6 is 11.3 Å². The fourth-order valence-electron chi connectivity index (χ4n) is 3.41. The highest BCUT2D eigenvalue weighted by Crippen LogP contribution is 2.40. The molecule has 5 nitrogen and oxygen atoms in total. The zero-order valence-electron chi connectivity index (χ0n) is 12.6. The van der Waals surface area contributed by atoms with Crippen LogP contribution in [0.2, 0.25) is 0 Å². The maximum Gasteiger partial charge on any atom is 0.266 e. The molecule has 114 valence electrons. The number of carbonyl (C=O) groups is 2. The molecular formula is C16H17N3O2S. The Bertz CT molecular complexity index is 811. The summed E-state index contributed by atoms with van der Waals surface area (Å²) in [6.07, 6.45) is 2.50. The fraction of sp³-hybridized carbons (Fsp3) is 0.438. The van der Waals surface area contributed by atoms with Crippen molar-refractivity contribution >= 4 is 39.1 Å². The van der Waals surface area contributed by atoms with Crippen molar-refractivity contribution in [2.45, 2.75) is 39.2 Å². The van der Waals surface area contributed by atoms with Crippen molar-refractivity contribution in [3.8, 4) is 0 Å². The molecule has 1 saturated heterocycles. The van der Waals surface area contributed by atoms with Crippen molar-refractivity contribution in [3.63, 3.8) is 0 Å². The van der Waals surface area contributed by atoms with E-state index in [1.807, 2.05) is 13.0 Å². The summed E-state index contributed by atoms with van der Waals surface area (Å²) in [6, 6.07) is 1.73. The Morgan fingerprint density at radius 2 is 2.27 bits per heavy atom. The number of rotatable bonds is 1.